The van der Waals surface area contributed by atoms with E-state index in [1.807, 2.05) is 51.1 Å². The Bertz CT molecular complexity index is 1140. The van der Waals surface area contributed by atoms with Crippen molar-refractivity contribution in [1.29, 1.82) is 0 Å². The normalized spacial score (nSPS) is 24.9. The molecule has 37 heavy (non-hydrogen) atoms. The van der Waals surface area contributed by atoms with Gasteiger partial charge in [0, 0.05) is 23.0 Å². The largest absolute Gasteiger partial charge is 0.489 e. The fourth-order valence-corrected chi connectivity index (χ4v) is 5.85. The summed E-state index contributed by atoms with van der Waals surface area (Å²) in [6, 6.07) is 10.6. The van der Waals surface area contributed by atoms with E-state index in [0.29, 0.717) is 17.6 Å². The van der Waals surface area contributed by atoms with E-state index in [-0.39, 0.29) is 24.9 Å². The number of rotatable bonds is 6. The Hall–Kier alpha value is -2.49. The van der Waals surface area contributed by atoms with Crippen molar-refractivity contribution in [3.8, 4) is 5.75 Å². The van der Waals surface area contributed by atoms with Crippen LogP contribution in [0, 0.1) is 16.7 Å². The molecule has 0 saturated heterocycles. The summed E-state index contributed by atoms with van der Waals surface area (Å²) in [5.41, 5.74) is -3.48. The van der Waals surface area contributed by atoms with Crippen molar-refractivity contribution < 1.29 is 41.0 Å². The molecule has 4 rings (SSSR count). The lowest BCUT2D eigenvalue weighted by molar-refractivity contribution is -0.351. The molecule has 2 fully saturated rings. The molecule has 204 valence electrons. The number of nitrogens with one attached hydrogen (secondary N) is 1. The number of alkyl halides is 6. The van der Waals surface area contributed by atoms with Crippen LogP contribution in [0.1, 0.15) is 64.5 Å². The second-order valence-corrected chi connectivity index (χ2v) is 11.0. The van der Waals surface area contributed by atoms with Crippen LogP contribution in [0.5, 0.6) is 5.75 Å². The van der Waals surface area contributed by atoms with E-state index in [4.69, 9.17) is 4.74 Å². The van der Waals surface area contributed by atoms with Gasteiger partial charge in [0.25, 0.3) is 0 Å². The number of hydrogen-bond donors (Lipinski definition) is 2. The van der Waals surface area contributed by atoms with Gasteiger partial charge in [0.15, 0.2) is 5.41 Å². The third kappa shape index (κ3) is 4.77. The summed E-state index contributed by atoms with van der Waals surface area (Å²) in [7, 11) is 0. The molecule has 2 unspecified atom stereocenters. The smallest absolute Gasteiger partial charge is 0.403 e. The summed E-state index contributed by atoms with van der Waals surface area (Å²) in [4.78, 5) is 11.5. The minimum Gasteiger partial charge on any atom is -0.489 e. The number of hydrogen-bond acceptors (Lipinski definition) is 3. The lowest BCUT2D eigenvalue weighted by atomic mass is 9.58. The van der Waals surface area contributed by atoms with E-state index in [1.54, 1.807) is 6.07 Å². The van der Waals surface area contributed by atoms with E-state index in [9.17, 15) is 36.2 Å². The van der Waals surface area contributed by atoms with Crippen molar-refractivity contribution in [3.63, 3.8) is 0 Å². The summed E-state index contributed by atoms with van der Waals surface area (Å²) >= 11 is 0. The topological polar surface area (TPSA) is 58.6 Å². The van der Waals surface area contributed by atoms with Crippen LogP contribution in [0.4, 0.5) is 26.3 Å². The zero-order valence-corrected chi connectivity index (χ0v) is 20.8. The molecular formula is C27H31F6NO3. The first kappa shape index (κ1) is 27.5. The minimum absolute atomic E-state index is 0.0863. The number of carboxylic acids is 1. The van der Waals surface area contributed by atoms with Gasteiger partial charge in [-0.1, -0.05) is 50.2 Å². The van der Waals surface area contributed by atoms with E-state index >= 15 is 0 Å². The van der Waals surface area contributed by atoms with Crippen LogP contribution in [-0.2, 0) is 4.79 Å². The Morgan fingerprint density at radius 2 is 1.62 bits per heavy atom. The Labute approximate surface area is 211 Å². The molecule has 3 atom stereocenters. The molecular weight excluding hydrogens is 500 g/mol. The molecule has 0 heterocycles. The number of fused-ring (bicyclic) bond motifs is 1. The number of benzene rings is 2. The second kappa shape index (κ2) is 9.36. The zero-order valence-electron chi connectivity index (χ0n) is 20.8. The average molecular weight is 532 g/mol. The Kier molecular flexibility index (Phi) is 6.97. The third-order valence-corrected chi connectivity index (χ3v) is 8.55. The fourth-order valence-electron chi connectivity index (χ4n) is 5.85. The van der Waals surface area contributed by atoms with Crippen LogP contribution in [-0.4, -0.2) is 35.6 Å². The van der Waals surface area contributed by atoms with Crippen molar-refractivity contribution in [1.82, 2.24) is 5.32 Å². The molecule has 0 aliphatic heterocycles. The Morgan fingerprint density at radius 1 is 1.03 bits per heavy atom. The Morgan fingerprint density at radius 3 is 2.16 bits per heavy atom. The minimum atomic E-state index is -5.39. The van der Waals surface area contributed by atoms with Gasteiger partial charge in [-0.05, 0) is 49.8 Å². The number of ether oxygens (including phenoxy) is 1. The molecule has 2 aliphatic rings. The highest BCUT2D eigenvalue weighted by Gasteiger charge is 2.70. The molecule has 10 heteroatoms. The maximum Gasteiger partial charge on any atom is 0.403 e. The molecule has 2 saturated carbocycles. The quantitative estimate of drug-likeness (QED) is 0.381. The average Bonchev–Trinajstić information content (AvgIpc) is 2.80. The van der Waals surface area contributed by atoms with Gasteiger partial charge in [-0.25, -0.2) is 0 Å². The van der Waals surface area contributed by atoms with Gasteiger partial charge in [-0.15, -0.1) is 0 Å². The van der Waals surface area contributed by atoms with Crippen LogP contribution in [0.15, 0.2) is 36.4 Å². The zero-order chi connectivity index (χ0) is 27.4. The predicted molar refractivity (Wildman–Crippen MR) is 126 cm³/mol. The number of carboxylic acid groups (broad SMARTS) is 1. The molecule has 2 aromatic rings. The highest BCUT2D eigenvalue weighted by atomic mass is 19.4. The van der Waals surface area contributed by atoms with Gasteiger partial charge in [-0.2, -0.15) is 26.3 Å². The van der Waals surface area contributed by atoms with Gasteiger partial charge < -0.3 is 15.2 Å². The summed E-state index contributed by atoms with van der Waals surface area (Å²) in [5.74, 6) is -0.896. The van der Waals surface area contributed by atoms with E-state index in [1.165, 1.54) is 0 Å². The van der Waals surface area contributed by atoms with Gasteiger partial charge in [-0.3, -0.25) is 4.79 Å². The van der Waals surface area contributed by atoms with Crippen molar-refractivity contribution >= 4 is 16.7 Å². The van der Waals surface area contributed by atoms with Gasteiger partial charge in [0.2, 0.25) is 0 Å². The number of carbonyl (C=O) groups is 1. The van der Waals surface area contributed by atoms with Crippen molar-refractivity contribution in [2.75, 3.05) is 0 Å². The molecule has 2 aliphatic carbocycles. The highest BCUT2D eigenvalue weighted by molar-refractivity contribution is 5.89. The summed E-state index contributed by atoms with van der Waals surface area (Å²) in [5, 5.41) is 14.4. The molecule has 0 amide bonds. The number of halogens is 6. The monoisotopic (exact) mass is 531 g/mol. The van der Waals surface area contributed by atoms with Gasteiger partial charge in [0.05, 0.1) is 12.0 Å². The van der Waals surface area contributed by atoms with Crippen molar-refractivity contribution in [2.45, 2.75) is 83.4 Å². The van der Waals surface area contributed by atoms with E-state index in [0.717, 1.165) is 10.9 Å². The van der Waals surface area contributed by atoms with Gasteiger partial charge >= 0.3 is 18.3 Å². The van der Waals surface area contributed by atoms with Crippen LogP contribution in [0.2, 0.25) is 0 Å². The standard InChI is InChI=1S/C27H31F6NO3/c1-15(34-21-14-20(23(35)36)24(21,2)3)18-9-8-16-6-4-5-7-19(16)22(18)37-17-10-12-25(13-11-17,26(28,29)30)27(31,32)33/h4-9,15,17,20-21,34H,10-14H2,1-3H3,(H,35,36)/t15-,20?,21?/m1/s1. The maximum absolute atomic E-state index is 13.5. The summed E-state index contributed by atoms with van der Waals surface area (Å²) < 4.78 is 87.3. The first-order chi connectivity index (χ1) is 17.1. The van der Waals surface area contributed by atoms with Crippen LogP contribution >= 0.6 is 0 Å². The number of aliphatic carboxylic acids is 1. The maximum atomic E-state index is 13.5. The van der Waals surface area contributed by atoms with Crippen LogP contribution in [0.3, 0.4) is 0 Å². The molecule has 0 spiro atoms. The molecule has 2 N–H and O–H groups in total. The van der Waals surface area contributed by atoms with Crippen molar-refractivity contribution in [3.05, 3.63) is 42.0 Å². The summed E-state index contributed by atoms with van der Waals surface area (Å²) in [6.07, 6.45) is -14.0. The predicted octanol–water partition coefficient (Wildman–Crippen LogP) is 7.42. The lowest BCUT2D eigenvalue weighted by Gasteiger charge is -2.51. The first-order valence-corrected chi connectivity index (χ1v) is 12.4. The fraction of sp³-hybridized carbons (Fsp3) is 0.593. The van der Waals surface area contributed by atoms with Gasteiger partial charge in [0.1, 0.15) is 5.75 Å². The Balaban J connectivity index is 1.59. The second-order valence-electron chi connectivity index (χ2n) is 11.0. The highest BCUT2D eigenvalue weighted by Crippen LogP contribution is 2.58. The van der Waals surface area contributed by atoms with E-state index in [2.05, 4.69) is 5.32 Å². The van der Waals surface area contributed by atoms with Crippen LogP contribution < -0.4 is 10.1 Å². The van der Waals surface area contributed by atoms with E-state index < -0.39 is 54.0 Å². The molecule has 4 nitrogen and oxygen atoms in total. The third-order valence-electron chi connectivity index (χ3n) is 8.55. The lowest BCUT2D eigenvalue weighted by Crippen LogP contribution is -2.59. The molecule has 0 aromatic heterocycles. The van der Waals surface area contributed by atoms with Crippen molar-refractivity contribution in [2.24, 2.45) is 16.7 Å². The molecule has 2 aromatic carbocycles. The SMILES string of the molecule is C[C@@H](NC1CC(C(=O)O)C1(C)C)c1ccc2ccccc2c1OC1CCC(C(F)(F)F)(C(F)(F)F)CC1. The molecule has 0 radical (unpaired) electrons. The first-order valence-electron chi connectivity index (χ1n) is 12.4. The molecule has 0 bridgehead atoms. The van der Waals surface area contributed by atoms with Crippen LogP contribution in [0.25, 0.3) is 10.8 Å². The summed E-state index contributed by atoms with van der Waals surface area (Å²) in [6.45, 7) is 5.65.